The molecule has 0 aliphatic heterocycles. The van der Waals surface area contributed by atoms with E-state index in [0.29, 0.717) is 11.9 Å². The van der Waals surface area contributed by atoms with Gasteiger partial charge in [-0.1, -0.05) is 6.92 Å². The van der Waals surface area contributed by atoms with Crippen LogP contribution in [0, 0.1) is 0 Å². The van der Waals surface area contributed by atoms with Gasteiger partial charge in [0.2, 0.25) is 17.2 Å². The van der Waals surface area contributed by atoms with E-state index in [-0.39, 0.29) is 5.28 Å². The lowest BCUT2D eigenvalue weighted by atomic mass is 10.4. The molecule has 0 atom stereocenters. The maximum atomic E-state index is 5.89. The second kappa shape index (κ2) is 5.09. The summed E-state index contributed by atoms with van der Waals surface area (Å²) in [7, 11) is 1.92. The van der Waals surface area contributed by atoms with Gasteiger partial charge in [0.05, 0.1) is 0 Å². The molecule has 2 aromatic heterocycles. The summed E-state index contributed by atoms with van der Waals surface area (Å²) in [6.07, 6.45) is 6.05. The van der Waals surface area contributed by atoms with Crippen LogP contribution in [0.1, 0.15) is 13.3 Å². The lowest BCUT2D eigenvalue weighted by Gasteiger charge is -2.16. The van der Waals surface area contributed by atoms with Crippen molar-refractivity contribution in [3.05, 3.63) is 24.0 Å². The van der Waals surface area contributed by atoms with E-state index in [1.54, 1.807) is 23.3 Å². The predicted octanol–water partition coefficient (Wildman–Crippen LogP) is 1.56. The average Bonchev–Trinajstić information content (AvgIpc) is 2.82. The molecule has 0 N–H and O–H groups in total. The molecule has 7 heteroatoms. The molecule has 2 rings (SSSR count). The highest BCUT2D eigenvalue weighted by atomic mass is 35.5. The van der Waals surface area contributed by atoms with E-state index < -0.39 is 0 Å². The summed E-state index contributed by atoms with van der Waals surface area (Å²) >= 11 is 5.89. The summed E-state index contributed by atoms with van der Waals surface area (Å²) < 4.78 is 1.69. The van der Waals surface area contributed by atoms with Gasteiger partial charge < -0.3 is 4.90 Å². The van der Waals surface area contributed by atoms with Crippen LogP contribution >= 0.6 is 11.6 Å². The summed E-state index contributed by atoms with van der Waals surface area (Å²) in [5, 5.41) is 0.182. The minimum atomic E-state index is 0.182. The SMILES string of the molecule is CCCN(C)c1nc(Cl)nc(-n2ccnc2)n1. The van der Waals surface area contributed by atoms with Gasteiger partial charge in [-0.2, -0.15) is 15.0 Å². The minimum absolute atomic E-state index is 0.182. The lowest BCUT2D eigenvalue weighted by Crippen LogP contribution is -2.21. The molecule has 0 bridgehead atoms. The molecule has 0 radical (unpaired) electrons. The molecule has 0 fully saturated rings. The number of nitrogens with zero attached hydrogens (tertiary/aromatic N) is 6. The molecule has 2 aromatic rings. The Hall–Kier alpha value is -1.69. The highest BCUT2D eigenvalue weighted by Gasteiger charge is 2.09. The van der Waals surface area contributed by atoms with Crippen molar-refractivity contribution < 1.29 is 0 Å². The summed E-state index contributed by atoms with van der Waals surface area (Å²) in [4.78, 5) is 18.4. The fraction of sp³-hybridized carbons (Fsp3) is 0.400. The van der Waals surface area contributed by atoms with E-state index in [0.717, 1.165) is 13.0 Å². The smallest absolute Gasteiger partial charge is 0.241 e. The average molecular weight is 253 g/mol. The minimum Gasteiger partial charge on any atom is -0.344 e. The first-order valence-corrected chi connectivity index (χ1v) is 5.69. The van der Waals surface area contributed by atoms with Crippen molar-refractivity contribution in [2.24, 2.45) is 0 Å². The summed E-state index contributed by atoms with van der Waals surface area (Å²) in [5.41, 5.74) is 0. The van der Waals surface area contributed by atoms with Gasteiger partial charge >= 0.3 is 0 Å². The first-order valence-electron chi connectivity index (χ1n) is 5.31. The molecule has 2 heterocycles. The summed E-state index contributed by atoms with van der Waals surface area (Å²) in [6.45, 7) is 2.96. The van der Waals surface area contributed by atoms with E-state index in [4.69, 9.17) is 11.6 Å². The van der Waals surface area contributed by atoms with E-state index in [2.05, 4.69) is 26.9 Å². The summed E-state index contributed by atoms with van der Waals surface area (Å²) in [5.74, 6) is 1.04. The standard InChI is InChI=1S/C10H13ClN6/c1-3-5-16(2)9-13-8(11)14-10(15-9)17-6-4-12-7-17/h4,6-7H,3,5H2,1-2H3. The first-order chi connectivity index (χ1) is 8.20. The number of imidazole rings is 1. The Morgan fingerprint density at radius 3 is 2.82 bits per heavy atom. The Morgan fingerprint density at radius 1 is 1.35 bits per heavy atom. The van der Waals surface area contributed by atoms with E-state index >= 15 is 0 Å². The van der Waals surface area contributed by atoms with Crippen molar-refractivity contribution >= 4 is 17.5 Å². The van der Waals surface area contributed by atoms with Crippen LogP contribution in [0.25, 0.3) is 5.95 Å². The Bertz CT molecular complexity index is 484. The molecule has 0 unspecified atom stereocenters. The molecule has 0 spiro atoms. The molecule has 0 saturated carbocycles. The third-order valence-electron chi connectivity index (χ3n) is 2.22. The van der Waals surface area contributed by atoms with Crippen LogP contribution in [-0.4, -0.2) is 38.1 Å². The number of halogens is 1. The monoisotopic (exact) mass is 252 g/mol. The second-order valence-corrected chi connectivity index (χ2v) is 3.93. The maximum Gasteiger partial charge on any atom is 0.241 e. The quantitative estimate of drug-likeness (QED) is 0.826. The van der Waals surface area contributed by atoms with Crippen molar-refractivity contribution in [3.63, 3.8) is 0 Å². The Morgan fingerprint density at radius 2 is 2.18 bits per heavy atom. The van der Waals surface area contributed by atoms with Crippen LogP contribution in [0.4, 0.5) is 5.95 Å². The van der Waals surface area contributed by atoms with Crippen molar-refractivity contribution in [2.45, 2.75) is 13.3 Å². The fourth-order valence-corrected chi connectivity index (χ4v) is 1.58. The van der Waals surface area contributed by atoms with Gasteiger partial charge in [0.1, 0.15) is 6.33 Å². The Labute approximate surface area is 104 Å². The molecule has 0 saturated heterocycles. The van der Waals surface area contributed by atoms with Crippen molar-refractivity contribution in [1.82, 2.24) is 24.5 Å². The van der Waals surface area contributed by atoms with E-state index in [1.807, 2.05) is 11.9 Å². The molecule has 0 aliphatic carbocycles. The van der Waals surface area contributed by atoms with Crippen LogP contribution in [0.15, 0.2) is 18.7 Å². The van der Waals surface area contributed by atoms with Gasteiger partial charge in [-0.05, 0) is 18.0 Å². The molecular formula is C10H13ClN6. The fourth-order valence-electron chi connectivity index (χ4n) is 1.43. The molecule has 6 nitrogen and oxygen atoms in total. The molecule has 0 aromatic carbocycles. The molecule has 17 heavy (non-hydrogen) atoms. The number of anilines is 1. The third kappa shape index (κ3) is 2.71. The van der Waals surface area contributed by atoms with Crippen LogP contribution in [0.3, 0.4) is 0 Å². The van der Waals surface area contributed by atoms with Gasteiger partial charge in [-0.15, -0.1) is 0 Å². The van der Waals surface area contributed by atoms with Crippen LogP contribution in [0.2, 0.25) is 5.28 Å². The zero-order valence-electron chi connectivity index (χ0n) is 9.71. The molecule has 0 aliphatic rings. The lowest BCUT2D eigenvalue weighted by molar-refractivity contribution is 0.795. The van der Waals surface area contributed by atoms with Gasteiger partial charge in [0.25, 0.3) is 0 Å². The third-order valence-corrected chi connectivity index (χ3v) is 2.39. The number of hydrogen-bond donors (Lipinski definition) is 0. The van der Waals surface area contributed by atoms with Crippen LogP contribution in [-0.2, 0) is 0 Å². The molecule has 90 valence electrons. The highest BCUT2D eigenvalue weighted by molar-refractivity contribution is 6.28. The Balaban J connectivity index is 2.36. The first kappa shape index (κ1) is 11.8. The van der Waals surface area contributed by atoms with Crippen LogP contribution < -0.4 is 4.90 Å². The van der Waals surface area contributed by atoms with Gasteiger partial charge in [0.15, 0.2) is 0 Å². The zero-order chi connectivity index (χ0) is 12.3. The number of aromatic nitrogens is 5. The van der Waals surface area contributed by atoms with Gasteiger partial charge in [-0.3, -0.25) is 4.57 Å². The maximum absolute atomic E-state index is 5.89. The highest BCUT2D eigenvalue weighted by Crippen LogP contribution is 2.12. The second-order valence-electron chi connectivity index (χ2n) is 3.60. The van der Waals surface area contributed by atoms with E-state index in [1.165, 1.54) is 0 Å². The van der Waals surface area contributed by atoms with Gasteiger partial charge in [0, 0.05) is 26.0 Å². The number of rotatable bonds is 4. The normalized spacial score (nSPS) is 10.5. The summed E-state index contributed by atoms with van der Waals surface area (Å²) in [6, 6.07) is 0. The van der Waals surface area contributed by atoms with Crippen molar-refractivity contribution in [1.29, 1.82) is 0 Å². The van der Waals surface area contributed by atoms with Crippen LogP contribution in [0.5, 0.6) is 0 Å². The number of hydrogen-bond acceptors (Lipinski definition) is 5. The van der Waals surface area contributed by atoms with Gasteiger partial charge in [-0.25, -0.2) is 4.98 Å². The topological polar surface area (TPSA) is 59.7 Å². The molecule has 0 amide bonds. The largest absolute Gasteiger partial charge is 0.344 e. The van der Waals surface area contributed by atoms with Crippen molar-refractivity contribution in [2.75, 3.05) is 18.5 Å². The zero-order valence-corrected chi connectivity index (χ0v) is 10.5. The van der Waals surface area contributed by atoms with E-state index in [9.17, 15) is 0 Å². The van der Waals surface area contributed by atoms with Crippen molar-refractivity contribution in [3.8, 4) is 5.95 Å². The predicted molar refractivity (Wildman–Crippen MR) is 65.5 cm³/mol. The molecular weight excluding hydrogens is 240 g/mol. The Kier molecular flexibility index (Phi) is 3.53.